The highest BCUT2D eigenvalue weighted by atomic mass is 16.7. The first-order chi connectivity index (χ1) is 30.6. The van der Waals surface area contributed by atoms with Crippen LogP contribution in [-0.4, -0.2) is 87.4 Å². The SMILES string of the molecule is CCC/C=C\C/C=C\CCCCCCCC(=O)OCC(COC(OCC[N+](C)(C)C)C(=O)O)OC(=O)CCCCCCCCCCCCCCC/C=C\C/C=C\CCCCCCC. The lowest BCUT2D eigenvalue weighted by atomic mass is 10.0. The van der Waals surface area contributed by atoms with Crippen LogP contribution in [0.3, 0.4) is 0 Å². The lowest BCUT2D eigenvalue weighted by Crippen LogP contribution is -2.40. The van der Waals surface area contributed by atoms with E-state index in [4.69, 9.17) is 18.9 Å². The van der Waals surface area contributed by atoms with Gasteiger partial charge in [-0.1, -0.05) is 184 Å². The second-order valence-electron chi connectivity index (χ2n) is 18.5. The van der Waals surface area contributed by atoms with Crippen molar-refractivity contribution in [1.29, 1.82) is 0 Å². The zero-order valence-electron chi connectivity index (χ0n) is 41.5. The van der Waals surface area contributed by atoms with Gasteiger partial charge in [0, 0.05) is 12.8 Å². The number of carbonyl (C=O) groups excluding carboxylic acids is 2. The summed E-state index contributed by atoms with van der Waals surface area (Å²) in [5.74, 6) is -2.02. The van der Waals surface area contributed by atoms with Gasteiger partial charge in [0.15, 0.2) is 6.10 Å². The summed E-state index contributed by atoms with van der Waals surface area (Å²) in [6.45, 7) is 4.79. The number of likely N-dealkylation sites (N-methyl/N-ethyl adjacent to an activating group) is 1. The van der Waals surface area contributed by atoms with E-state index in [0.29, 0.717) is 11.0 Å². The summed E-state index contributed by atoms with van der Waals surface area (Å²) in [7, 11) is 5.95. The van der Waals surface area contributed by atoms with Gasteiger partial charge in [0.25, 0.3) is 6.29 Å². The van der Waals surface area contributed by atoms with E-state index >= 15 is 0 Å². The number of carboxylic acids is 1. The molecule has 0 aliphatic heterocycles. The molecule has 0 aromatic rings. The maximum atomic E-state index is 12.8. The molecule has 0 bridgehead atoms. The molecular formula is C54H98NO8+. The van der Waals surface area contributed by atoms with Gasteiger partial charge in [-0.05, 0) is 70.6 Å². The van der Waals surface area contributed by atoms with Crippen LogP contribution in [-0.2, 0) is 33.3 Å². The zero-order chi connectivity index (χ0) is 46.3. The first-order valence-corrected chi connectivity index (χ1v) is 25.8. The molecule has 0 rings (SSSR count). The molecule has 0 saturated heterocycles. The number of hydrogen-bond acceptors (Lipinski definition) is 7. The fraction of sp³-hybridized carbons (Fsp3) is 0.796. The van der Waals surface area contributed by atoms with E-state index in [2.05, 4.69) is 62.5 Å². The molecular weight excluding hydrogens is 791 g/mol. The highest BCUT2D eigenvalue weighted by Crippen LogP contribution is 2.15. The van der Waals surface area contributed by atoms with Crippen molar-refractivity contribution in [3.05, 3.63) is 48.6 Å². The van der Waals surface area contributed by atoms with E-state index in [1.807, 2.05) is 21.1 Å². The minimum Gasteiger partial charge on any atom is -0.477 e. The van der Waals surface area contributed by atoms with Crippen molar-refractivity contribution in [3.8, 4) is 0 Å². The third-order valence-electron chi connectivity index (χ3n) is 11.0. The van der Waals surface area contributed by atoms with Crippen LogP contribution >= 0.6 is 0 Å². The van der Waals surface area contributed by atoms with Crippen LogP contribution in [0, 0.1) is 0 Å². The molecule has 0 saturated carbocycles. The Morgan fingerprint density at radius 2 is 0.889 bits per heavy atom. The summed E-state index contributed by atoms with van der Waals surface area (Å²) in [5.41, 5.74) is 0. The van der Waals surface area contributed by atoms with Crippen LogP contribution in [0.2, 0.25) is 0 Å². The summed E-state index contributed by atoms with van der Waals surface area (Å²) >= 11 is 0. The van der Waals surface area contributed by atoms with Crippen LogP contribution in [0.1, 0.15) is 219 Å². The van der Waals surface area contributed by atoms with Crippen molar-refractivity contribution in [2.24, 2.45) is 0 Å². The van der Waals surface area contributed by atoms with Crippen molar-refractivity contribution in [3.63, 3.8) is 0 Å². The van der Waals surface area contributed by atoms with Crippen molar-refractivity contribution < 1.29 is 42.9 Å². The topological polar surface area (TPSA) is 108 Å². The first kappa shape index (κ1) is 60.2. The van der Waals surface area contributed by atoms with Crippen LogP contribution in [0.25, 0.3) is 0 Å². The first-order valence-electron chi connectivity index (χ1n) is 25.8. The standard InChI is InChI=1S/C54H97NO8/c1-6-8-10-12-14-16-18-20-21-22-23-24-25-26-27-28-29-30-31-33-35-37-39-41-43-45-52(57)63-50(49-62-54(53(58)59)60-47-46-55(3,4)5)48-61-51(56)44-42-40-38-36-34-32-19-17-15-13-11-9-7-2/h11,13,17-20,22-23,50,54H,6-10,12,14-16,21,24-49H2,1-5H3/p+1/b13-11-,19-17-,20-18-,23-22-. The molecule has 0 fully saturated rings. The van der Waals surface area contributed by atoms with Crippen molar-refractivity contribution in [1.82, 2.24) is 0 Å². The highest BCUT2D eigenvalue weighted by molar-refractivity contribution is 5.71. The molecule has 0 spiro atoms. The fourth-order valence-corrected chi connectivity index (χ4v) is 7.02. The molecule has 9 heteroatoms. The summed E-state index contributed by atoms with van der Waals surface area (Å²) < 4.78 is 22.8. The van der Waals surface area contributed by atoms with Crippen molar-refractivity contribution in [2.45, 2.75) is 232 Å². The van der Waals surface area contributed by atoms with E-state index < -0.39 is 24.3 Å². The molecule has 0 heterocycles. The van der Waals surface area contributed by atoms with Gasteiger partial charge in [-0.15, -0.1) is 0 Å². The van der Waals surface area contributed by atoms with Gasteiger partial charge >= 0.3 is 17.9 Å². The van der Waals surface area contributed by atoms with Gasteiger partial charge in [0.2, 0.25) is 0 Å². The van der Waals surface area contributed by atoms with E-state index in [0.717, 1.165) is 77.0 Å². The lowest BCUT2D eigenvalue weighted by Gasteiger charge is -2.25. The second-order valence-corrected chi connectivity index (χ2v) is 18.5. The molecule has 0 aliphatic carbocycles. The monoisotopic (exact) mass is 889 g/mol. The average Bonchev–Trinajstić information content (AvgIpc) is 3.24. The molecule has 2 unspecified atom stereocenters. The van der Waals surface area contributed by atoms with Crippen molar-refractivity contribution in [2.75, 3.05) is 47.5 Å². The quantitative estimate of drug-likeness (QED) is 0.0212. The van der Waals surface area contributed by atoms with Gasteiger partial charge < -0.3 is 28.5 Å². The maximum Gasteiger partial charge on any atom is 0.361 e. The van der Waals surface area contributed by atoms with Crippen LogP contribution in [0.15, 0.2) is 48.6 Å². The summed E-state index contributed by atoms with van der Waals surface area (Å²) in [4.78, 5) is 37.2. The lowest BCUT2D eigenvalue weighted by molar-refractivity contribution is -0.870. The van der Waals surface area contributed by atoms with Crippen molar-refractivity contribution >= 4 is 17.9 Å². The van der Waals surface area contributed by atoms with E-state index in [1.54, 1.807) is 0 Å². The number of esters is 2. The number of ether oxygens (including phenoxy) is 4. The molecule has 366 valence electrons. The number of hydrogen-bond donors (Lipinski definition) is 1. The fourth-order valence-electron chi connectivity index (χ4n) is 7.02. The zero-order valence-corrected chi connectivity index (χ0v) is 41.5. The molecule has 0 amide bonds. The normalized spacial score (nSPS) is 13.2. The van der Waals surface area contributed by atoms with Gasteiger partial charge in [-0.25, -0.2) is 4.79 Å². The van der Waals surface area contributed by atoms with E-state index in [1.165, 1.54) is 116 Å². The Balaban J connectivity index is 4.26. The number of aliphatic carboxylic acids is 1. The van der Waals surface area contributed by atoms with Crippen LogP contribution in [0.5, 0.6) is 0 Å². The number of allylic oxidation sites excluding steroid dienone is 8. The Bertz CT molecular complexity index is 1170. The average molecular weight is 889 g/mol. The summed E-state index contributed by atoms with van der Waals surface area (Å²) in [6.07, 6.45) is 51.8. The van der Waals surface area contributed by atoms with Gasteiger partial charge in [0.1, 0.15) is 13.2 Å². The minimum absolute atomic E-state index is 0.184. The van der Waals surface area contributed by atoms with Gasteiger partial charge in [0.05, 0.1) is 34.4 Å². The Kier molecular flexibility index (Phi) is 43.8. The predicted octanol–water partition coefficient (Wildman–Crippen LogP) is 14.3. The molecule has 0 aromatic carbocycles. The predicted molar refractivity (Wildman–Crippen MR) is 263 cm³/mol. The maximum absolute atomic E-state index is 12.8. The van der Waals surface area contributed by atoms with Crippen LogP contribution < -0.4 is 0 Å². The Morgan fingerprint density at radius 1 is 0.476 bits per heavy atom. The third-order valence-corrected chi connectivity index (χ3v) is 11.0. The van der Waals surface area contributed by atoms with Crippen LogP contribution in [0.4, 0.5) is 0 Å². The number of rotatable bonds is 47. The number of carbonyl (C=O) groups is 3. The van der Waals surface area contributed by atoms with Gasteiger partial charge in [-0.2, -0.15) is 0 Å². The molecule has 9 nitrogen and oxygen atoms in total. The number of unbranched alkanes of at least 4 members (excludes halogenated alkanes) is 24. The van der Waals surface area contributed by atoms with E-state index in [-0.39, 0.29) is 38.6 Å². The molecule has 63 heavy (non-hydrogen) atoms. The Morgan fingerprint density at radius 3 is 1.32 bits per heavy atom. The minimum atomic E-state index is -1.51. The third kappa shape index (κ3) is 47.0. The molecule has 2 atom stereocenters. The number of quaternary nitrogens is 1. The van der Waals surface area contributed by atoms with E-state index in [9.17, 15) is 19.5 Å². The Labute approximate surface area is 387 Å². The van der Waals surface area contributed by atoms with Gasteiger partial charge in [-0.3, -0.25) is 9.59 Å². The number of nitrogens with zero attached hydrogens (tertiary/aromatic N) is 1. The highest BCUT2D eigenvalue weighted by Gasteiger charge is 2.25. The summed E-state index contributed by atoms with van der Waals surface area (Å²) in [6, 6.07) is 0. The molecule has 0 radical (unpaired) electrons. The second kappa shape index (κ2) is 45.8. The number of carboxylic acid groups (broad SMARTS) is 1. The largest absolute Gasteiger partial charge is 0.477 e. The molecule has 0 aliphatic rings. The molecule has 1 N–H and O–H groups in total. The summed E-state index contributed by atoms with van der Waals surface area (Å²) in [5, 5.41) is 9.66. The Hall–Kier alpha value is -2.75. The smallest absolute Gasteiger partial charge is 0.361 e. The molecule has 0 aromatic heterocycles.